The molecule has 0 aliphatic heterocycles. The highest BCUT2D eigenvalue weighted by Gasteiger charge is 2.40. The summed E-state index contributed by atoms with van der Waals surface area (Å²) in [4.78, 5) is 14.9. The van der Waals surface area contributed by atoms with E-state index in [0.717, 1.165) is 22.4 Å². The van der Waals surface area contributed by atoms with Crippen LogP contribution in [0.5, 0.6) is 17.2 Å². The Bertz CT molecular complexity index is 2360. The molecule has 5 aromatic rings. The zero-order valence-electron chi connectivity index (χ0n) is 37.9. The van der Waals surface area contributed by atoms with Crippen molar-refractivity contribution in [1.82, 2.24) is 29.8 Å². The summed E-state index contributed by atoms with van der Waals surface area (Å²) in [6.07, 6.45) is -1.06. The minimum absolute atomic E-state index is 0.0385. The zero-order chi connectivity index (χ0) is 46.2. The van der Waals surface area contributed by atoms with Gasteiger partial charge in [0.2, 0.25) is 15.8 Å². The molecule has 1 N–H and O–H groups in total. The molecule has 0 aliphatic rings. The molecule has 1 atom stereocenters. The van der Waals surface area contributed by atoms with Gasteiger partial charge in [0.25, 0.3) is 0 Å². The van der Waals surface area contributed by atoms with E-state index in [0.29, 0.717) is 37.8 Å². The first kappa shape index (κ1) is 49.8. The van der Waals surface area contributed by atoms with Crippen LogP contribution in [-0.4, -0.2) is 92.7 Å². The largest absolute Gasteiger partial charge is 0.497 e. The number of alkyl carbamates (subject to hydrolysis) is 1. The normalized spacial score (nSPS) is 12.8. The minimum Gasteiger partial charge on any atom is -0.497 e. The summed E-state index contributed by atoms with van der Waals surface area (Å²) < 4.78 is 62.2. The van der Waals surface area contributed by atoms with E-state index in [1.807, 2.05) is 106 Å². The Morgan fingerprint density at radius 2 is 1.32 bits per heavy atom. The van der Waals surface area contributed by atoms with Gasteiger partial charge < -0.3 is 28.7 Å². The number of nitrogens with one attached hydrogen (secondary N) is 1. The molecule has 340 valence electrons. The highest BCUT2D eigenvalue weighted by molar-refractivity contribution is 14.1. The summed E-state index contributed by atoms with van der Waals surface area (Å²) in [7, 11) is -1.98. The van der Waals surface area contributed by atoms with Crippen molar-refractivity contribution in [3.63, 3.8) is 0 Å². The van der Waals surface area contributed by atoms with Gasteiger partial charge in [-0.25, -0.2) is 13.2 Å². The van der Waals surface area contributed by atoms with Gasteiger partial charge in [-0.2, -0.15) is 9.10 Å². The molecule has 0 aliphatic carbocycles. The van der Waals surface area contributed by atoms with Crippen molar-refractivity contribution in [3.05, 3.63) is 105 Å². The molecule has 63 heavy (non-hydrogen) atoms. The van der Waals surface area contributed by atoms with Crippen LogP contribution in [0.15, 0.2) is 94.7 Å². The van der Waals surface area contributed by atoms with Crippen LogP contribution < -0.4 is 19.5 Å². The predicted octanol–water partition coefficient (Wildman–Crippen LogP) is 9.42. The van der Waals surface area contributed by atoms with Crippen molar-refractivity contribution in [2.24, 2.45) is 0 Å². The maximum atomic E-state index is 15.7. The highest BCUT2D eigenvalue weighted by atomic mass is 127. The van der Waals surface area contributed by atoms with Crippen LogP contribution in [0.1, 0.15) is 58.2 Å². The van der Waals surface area contributed by atoms with Crippen LogP contribution >= 0.6 is 34.4 Å². The third-order valence-corrected chi connectivity index (χ3v) is 19.1. The number of carbonyl (C=O) groups is 1. The summed E-state index contributed by atoms with van der Waals surface area (Å²) in [6.45, 7) is 16.7. The van der Waals surface area contributed by atoms with Crippen molar-refractivity contribution in [3.8, 4) is 28.6 Å². The molecule has 0 radical (unpaired) electrons. The number of thioether (sulfide) groups is 1. The number of benzene rings is 4. The second-order valence-electron chi connectivity index (χ2n) is 17.4. The van der Waals surface area contributed by atoms with Gasteiger partial charge in [-0.1, -0.05) is 57.2 Å². The Balaban J connectivity index is 1.63. The molecule has 1 aromatic heterocycles. The fraction of sp³-hybridized carbons (Fsp3) is 0.422. The maximum Gasteiger partial charge on any atom is 0.407 e. The number of aromatic nitrogens is 4. The molecule has 14 nitrogen and oxygen atoms in total. The van der Waals surface area contributed by atoms with E-state index in [2.05, 4.69) is 72.1 Å². The van der Waals surface area contributed by atoms with Gasteiger partial charge in [-0.05, 0) is 132 Å². The molecule has 1 amide bonds. The number of tetrazole rings is 1. The Kier molecular flexibility index (Phi) is 16.7. The summed E-state index contributed by atoms with van der Waals surface area (Å²) >= 11 is 3.48. The van der Waals surface area contributed by atoms with Gasteiger partial charge in [0.15, 0.2) is 8.32 Å². The van der Waals surface area contributed by atoms with Gasteiger partial charge in [0.05, 0.1) is 39.5 Å². The van der Waals surface area contributed by atoms with E-state index in [1.54, 1.807) is 21.3 Å². The lowest BCUT2D eigenvalue weighted by atomic mass is 10.2. The quantitative estimate of drug-likeness (QED) is 0.0476. The summed E-state index contributed by atoms with van der Waals surface area (Å²) in [5.41, 5.74) is 2.06. The Labute approximate surface area is 391 Å². The molecule has 0 unspecified atom stereocenters. The third kappa shape index (κ3) is 13.6. The lowest BCUT2D eigenvalue weighted by Gasteiger charge is -2.39. The van der Waals surface area contributed by atoms with Gasteiger partial charge in [-0.15, -0.1) is 22.0 Å². The fourth-order valence-corrected chi connectivity index (χ4v) is 11.5. The van der Waals surface area contributed by atoms with Crippen LogP contribution in [0.2, 0.25) is 18.1 Å². The van der Waals surface area contributed by atoms with Gasteiger partial charge in [-0.3, -0.25) is 0 Å². The highest BCUT2D eigenvalue weighted by Crippen LogP contribution is 2.42. The lowest BCUT2D eigenvalue weighted by Crippen LogP contribution is -2.48. The third-order valence-electron chi connectivity index (χ3n) is 10.4. The van der Waals surface area contributed by atoms with E-state index in [9.17, 15) is 4.79 Å². The molecule has 0 fully saturated rings. The molecule has 0 spiro atoms. The van der Waals surface area contributed by atoms with Crippen LogP contribution in [-0.2, 0) is 38.8 Å². The van der Waals surface area contributed by atoms with E-state index in [4.69, 9.17) is 28.5 Å². The van der Waals surface area contributed by atoms with E-state index in [1.165, 1.54) is 20.9 Å². The first-order valence-corrected chi connectivity index (χ1v) is 26.8. The second kappa shape index (κ2) is 21.2. The monoisotopic (exact) mass is 1030 g/mol. The van der Waals surface area contributed by atoms with Crippen molar-refractivity contribution < 1.29 is 36.6 Å². The number of sulfonamides is 1. The van der Waals surface area contributed by atoms with Crippen molar-refractivity contribution in [1.29, 1.82) is 0 Å². The smallest absolute Gasteiger partial charge is 0.407 e. The van der Waals surface area contributed by atoms with E-state index >= 15 is 8.42 Å². The van der Waals surface area contributed by atoms with Crippen molar-refractivity contribution in [2.45, 2.75) is 101 Å². The standard InChI is InChI=1S/C45H59IN6O8S2Si/c1-44(2,3)59-43(53)47-26-37(60-63(10,11)45(4,5)6)30-61-39-25-24-38(46)40(42-48-50-52(49-42)29-33-16-22-36(58-9)23-17-33)41(39)62(54,55)51(27-31-12-18-34(56-7)19-13-31)28-32-14-20-35(57-8)21-15-32/h12-25,37H,26-30H2,1-11H3,(H,47,53)/t37-/m0/s1. The lowest BCUT2D eigenvalue weighted by molar-refractivity contribution is 0.0502. The molecule has 0 saturated heterocycles. The average Bonchev–Trinajstić information content (AvgIpc) is 3.69. The Morgan fingerprint density at radius 1 is 0.810 bits per heavy atom. The first-order chi connectivity index (χ1) is 29.6. The molecule has 0 saturated carbocycles. The van der Waals surface area contributed by atoms with Crippen LogP contribution in [0, 0.1) is 3.57 Å². The van der Waals surface area contributed by atoms with E-state index < -0.39 is 36.1 Å². The molecular formula is C45H59IN6O8S2Si. The van der Waals surface area contributed by atoms with Crippen LogP contribution in [0.25, 0.3) is 11.4 Å². The Morgan fingerprint density at radius 3 is 1.79 bits per heavy atom. The molecule has 4 aromatic carbocycles. The van der Waals surface area contributed by atoms with Gasteiger partial charge >= 0.3 is 6.09 Å². The zero-order valence-corrected chi connectivity index (χ0v) is 42.7. The van der Waals surface area contributed by atoms with Crippen LogP contribution in [0.4, 0.5) is 4.79 Å². The number of nitrogens with zero attached hydrogens (tertiary/aromatic N) is 5. The number of hydrogen-bond acceptors (Lipinski definition) is 12. The van der Waals surface area contributed by atoms with E-state index in [-0.39, 0.29) is 35.4 Å². The number of hydrogen-bond donors (Lipinski definition) is 1. The molecule has 0 bridgehead atoms. The number of carbonyl (C=O) groups excluding carboxylic acids is 1. The maximum absolute atomic E-state index is 15.7. The number of halogens is 1. The molecule has 18 heteroatoms. The molecular weight excluding hydrogens is 972 g/mol. The minimum atomic E-state index is -4.38. The average molecular weight is 1030 g/mol. The van der Waals surface area contributed by atoms with Crippen molar-refractivity contribution in [2.75, 3.05) is 33.6 Å². The van der Waals surface area contributed by atoms with Crippen LogP contribution in [0.3, 0.4) is 0 Å². The summed E-state index contributed by atoms with van der Waals surface area (Å²) in [5.74, 6) is 2.49. The van der Waals surface area contributed by atoms with Gasteiger partial charge in [0, 0.05) is 33.9 Å². The molecule has 1 heterocycles. The summed E-state index contributed by atoms with van der Waals surface area (Å²) in [5, 5.41) is 16.4. The van der Waals surface area contributed by atoms with Gasteiger partial charge in [0.1, 0.15) is 27.7 Å². The second-order valence-corrected chi connectivity index (χ2v) is 26.3. The molecule has 5 rings (SSSR count). The number of amides is 1. The number of rotatable bonds is 19. The Hall–Kier alpha value is -4.21. The fourth-order valence-electron chi connectivity index (χ4n) is 6.07. The number of ether oxygens (including phenoxy) is 4. The number of methoxy groups -OCH3 is 3. The first-order valence-electron chi connectivity index (χ1n) is 20.4. The summed E-state index contributed by atoms with van der Waals surface area (Å²) in [6, 6.07) is 25.9. The van der Waals surface area contributed by atoms with Crippen molar-refractivity contribution >= 4 is 58.8 Å². The topological polar surface area (TPSA) is 156 Å². The predicted molar refractivity (Wildman–Crippen MR) is 258 cm³/mol. The SMILES string of the molecule is COc1ccc(CN(Cc2ccc(OC)cc2)S(=O)(=O)c2c(SC[C@H](CNC(=O)OC(C)(C)C)O[Si](C)(C)C(C)(C)C)ccc(I)c2-c2nnn(Cc3ccc(OC)cc3)n2)cc1.